The zero-order chi connectivity index (χ0) is 22.8. The molecule has 1 aliphatic rings. The highest BCUT2D eigenvalue weighted by Gasteiger charge is 2.18. The molecule has 0 saturated carbocycles. The first-order valence-electron chi connectivity index (χ1n) is 10.8. The van der Waals surface area contributed by atoms with E-state index in [-0.39, 0.29) is 23.5 Å². The summed E-state index contributed by atoms with van der Waals surface area (Å²) >= 11 is 0. The highest BCUT2D eigenvalue weighted by atomic mass is 32.2. The topological polar surface area (TPSA) is 97.0 Å². The number of nitrogens with zero attached hydrogens (tertiary/aromatic N) is 1. The normalized spacial score (nSPS) is 15.8. The van der Waals surface area contributed by atoms with Gasteiger partial charge in [-0.3, -0.25) is 9.69 Å². The van der Waals surface area contributed by atoms with Crippen molar-refractivity contribution in [3.63, 3.8) is 0 Å². The first kappa shape index (κ1) is 24.2. The summed E-state index contributed by atoms with van der Waals surface area (Å²) in [6, 6.07) is 15.0. The fourth-order valence-corrected chi connectivity index (χ4v) is 4.61. The molecular formula is C23H31N3O5S. The van der Waals surface area contributed by atoms with Crippen LogP contribution in [0.25, 0.3) is 0 Å². The van der Waals surface area contributed by atoms with Gasteiger partial charge in [0.2, 0.25) is 10.0 Å². The molecule has 0 aliphatic carbocycles. The number of amides is 1. The van der Waals surface area contributed by atoms with Crippen molar-refractivity contribution in [2.24, 2.45) is 0 Å². The van der Waals surface area contributed by atoms with Crippen molar-refractivity contribution in [3.05, 3.63) is 60.2 Å². The first-order valence-corrected chi connectivity index (χ1v) is 12.3. The van der Waals surface area contributed by atoms with Crippen molar-refractivity contribution in [1.82, 2.24) is 14.9 Å². The largest absolute Gasteiger partial charge is 0.484 e. The third-order valence-corrected chi connectivity index (χ3v) is 6.77. The Bertz CT molecular complexity index is 945. The molecule has 9 heteroatoms. The van der Waals surface area contributed by atoms with Gasteiger partial charge in [0.25, 0.3) is 5.91 Å². The van der Waals surface area contributed by atoms with Crippen molar-refractivity contribution in [1.29, 1.82) is 0 Å². The number of benzene rings is 2. The molecule has 8 nitrogen and oxygen atoms in total. The van der Waals surface area contributed by atoms with Crippen molar-refractivity contribution in [2.75, 3.05) is 46.0 Å². The summed E-state index contributed by atoms with van der Waals surface area (Å²) in [7, 11) is -3.68. The van der Waals surface area contributed by atoms with Crippen LogP contribution in [0.15, 0.2) is 59.5 Å². The SMILES string of the molecule is C[C@@H](NS(=O)(=O)c1ccc(OCC(=O)NCCCN2CCOCC2)cc1)c1ccccc1. The fraction of sp³-hybridized carbons (Fsp3) is 0.435. The van der Waals surface area contributed by atoms with E-state index >= 15 is 0 Å². The summed E-state index contributed by atoms with van der Waals surface area (Å²) in [6.07, 6.45) is 0.868. The lowest BCUT2D eigenvalue weighted by Crippen LogP contribution is -2.38. The molecule has 1 saturated heterocycles. The van der Waals surface area contributed by atoms with E-state index < -0.39 is 10.0 Å². The molecule has 0 unspecified atom stereocenters. The smallest absolute Gasteiger partial charge is 0.257 e. The summed E-state index contributed by atoms with van der Waals surface area (Å²) < 4.78 is 38.7. The van der Waals surface area contributed by atoms with E-state index in [0.29, 0.717) is 12.3 Å². The number of hydrogen-bond acceptors (Lipinski definition) is 6. The lowest BCUT2D eigenvalue weighted by molar-refractivity contribution is -0.123. The van der Waals surface area contributed by atoms with Crippen LogP contribution in [-0.4, -0.2) is 65.2 Å². The monoisotopic (exact) mass is 461 g/mol. The number of morpholine rings is 1. The molecule has 0 bridgehead atoms. The van der Waals surface area contributed by atoms with Crippen LogP contribution in [0.2, 0.25) is 0 Å². The van der Waals surface area contributed by atoms with Crippen LogP contribution in [0, 0.1) is 0 Å². The molecule has 2 aromatic carbocycles. The molecule has 174 valence electrons. The molecule has 0 radical (unpaired) electrons. The maximum Gasteiger partial charge on any atom is 0.257 e. The Hall–Kier alpha value is -2.46. The summed E-state index contributed by atoms with van der Waals surface area (Å²) in [5.74, 6) is 0.227. The Balaban J connectivity index is 1.40. The highest BCUT2D eigenvalue weighted by molar-refractivity contribution is 7.89. The number of carbonyl (C=O) groups excluding carboxylic acids is 1. The maximum atomic E-state index is 12.6. The molecule has 32 heavy (non-hydrogen) atoms. The molecule has 2 N–H and O–H groups in total. The van der Waals surface area contributed by atoms with Gasteiger partial charge < -0.3 is 14.8 Å². The Labute approximate surface area is 190 Å². The van der Waals surface area contributed by atoms with Crippen LogP contribution in [-0.2, 0) is 19.6 Å². The molecule has 1 amide bonds. The van der Waals surface area contributed by atoms with Crippen LogP contribution in [0.5, 0.6) is 5.75 Å². The molecule has 1 atom stereocenters. The fourth-order valence-electron chi connectivity index (χ4n) is 3.38. The van der Waals surface area contributed by atoms with Crippen LogP contribution in [0.4, 0.5) is 0 Å². The average molecular weight is 462 g/mol. The van der Waals surface area contributed by atoms with Crippen LogP contribution >= 0.6 is 0 Å². The lowest BCUT2D eigenvalue weighted by atomic mass is 10.1. The zero-order valence-electron chi connectivity index (χ0n) is 18.3. The minimum Gasteiger partial charge on any atom is -0.484 e. The van der Waals surface area contributed by atoms with Gasteiger partial charge in [-0.25, -0.2) is 13.1 Å². The van der Waals surface area contributed by atoms with E-state index in [0.717, 1.165) is 44.8 Å². The molecule has 1 aliphatic heterocycles. The van der Waals surface area contributed by atoms with E-state index in [2.05, 4.69) is 14.9 Å². The summed E-state index contributed by atoms with van der Waals surface area (Å²) in [6.45, 7) is 6.59. The third-order valence-electron chi connectivity index (χ3n) is 5.21. The van der Waals surface area contributed by atoms with E-state index in [4.69, 9.17) is 9.47 Å². The van der Waals surface area contributed by atoms with Crippen molar-refractivity contribution in [2.45, 2.75) is 24.3 Å². The Kier molecular flexibility index (Phi) is 9.04. The number of hydrogen-bond donors (Lipinski definition) is 2. The maximum absolute atomic E-state index is 12.6. The van der Waals surface area contributed by atoms with E-state index in [1.807, 2.05) is 30.3 Å². The molecule has 1 heterocycles. The number of ether oxygens (including phenoxy) is 2. The van der Waals surface area contributed by atoms with Gasteiger partial charge in [0.05, 0.1) is 18.1 Å². The number of rotatable bonds is 11. The van der Waals surface area contributed by atoms with E-state index in [1.165, 1.54) is 12.1 Å². The van der Waals surface area contributed by atoms with Crippen LogP contribution in [0.1, 0.15) is 24.9 Å². The first-order chi connectivity index (χ1) is 15.4. The minimum absolute atomic E-state index is 0.118. The lowest BCUT2D eigenvalue weighted by Gasteiger charge is -2.26. The zero-order valence-corrected chi connectivity index (χ0v) is 19.1. The summed E-state index contributed by atoms with van der Waals surface area (Å²) in [5.41, 5.74) is 0.881. The molecular weight excluding hydrogens is 430 g/mol. The second-order valence-corrected chi connectivity index (χ2v) is 9.39. The minimum atomic E-state index is -3.68. The highest BCUT2D eigenvalue weighted by Crippen LogP contribution is 2.19. The van der Waals surface area contributed by atoms with Crippen LogP contribution in [0.3, 0.4) is 0 Å². The van der Waals surface area contributed by atoms with Crippen molar-refractivity contribution < 1.29 is 22.7 Å². The van der Waals surface area contributed by atoms with Gasteiger partial charge in [0, 0.05) is 25.7 Å². The Morgan fingerprint density at radius 1 is 1.09 bits per heavy atom. The molecule has 0 aromatic heterocycles. The summed E-state index contributed by atoms with van der Waals surface area (Å²) in [4.78, 5) is 14.4. The van der Waals surface area contributed by atoms with E-state index in [9.17, 15) is 13.2 Å². The van der Waals surface area contributed by atoms with E-state index in [1.54, 1.807) is 19.1 Å². The number of sulfonamides is 1. The van der Waals surface area contributed by atoms with Gasteiger partial charge in [-0.15, -0.1) is 0 Å². The van der Waals surface area contributed by atoms with Crippen molar-refractivity contribution >= 4 is 15.9 Å². The predicted octanol–water partition coefficient (Wildman–Crippen LogP) is 1.94. The second kappa shape index (κ2) is 12.0. The molecule has 0 spiro atoms. The third kappa shape index (κ3) is 7.59. The molecule has 1 fully saturated rings. The van der Waals surface area contributed by atoms with Crippen molar-refractivity contribution in [3.8, 4) is 5.75 Å². The Morgan fingerprint density at radius 2 is 1.78 bits per heavy atom. The van der Waals surface area contributed by atoms with Crippen LogP contribution < -0.4 is 14.8 Å². The van der Waals surface area contributed by atoms with Gasteiger partial charge in [-0.05, 0) is 49.7 Å². The second-order valence-electron chi connectivity index (χ2n) is 7.67. The number of nitrogens with one attached hydrogen (secondary N) is 2. The summed E-state index contributed by atoms with van der Waals surface area (Å²) in [5, 5.41) is 2.84. The standard InChI is InChI=1S/C23H31N3O5S/c1-19(20-6-3-2-4-7-20)25-32(28,29)22-10-8-21(9-11-22)31-18-23(27)24-12-5-13-26-14-16-30-17-15-26/h2-4,6-11,19,25H,5,12-18H2,1H3,(H,24,27)/t19-/m1/s1. The van der Waals surface area contributed by atoms with Gasteiger partial charge in [0.15, 0.2) is 6.61 Å². The molecule has 3 rings (SSSR count). The quantitative estimate of drug-likeness (QED) is 0.497. The Morgan fingerprint density at radius 3 is 2.47 bits per heavy atom. The van der Waals surface area contributed by atoms with Gasteiger partial charge in [-0.2, -0.15) is 0 Å². The van der Waals surface area contributed by atoms with Gasteiger partial charge >= 0.3 is 0 Å². The molecule has 2 aromatic rings. The van der Waals surface area contributed by atoms with Gasteiger partial charge in [0.1, 0.15) is 5.75 Å². The number of carbonyl (C=O) groups is 1. The van der Waals surface area contributed by atoms with Gasteiger partial charge in [-0.1, -0.05) is 30.3 Å². The predicted molar refractivity (Wildman–Crippen MR) is 122 cm³/mol. The average Bonchev–Trinajstić information content (AvgIpc) is 2.82.